The summed E-state index contributed by atoms with van der Waals surface area (Å²) in [4.78, 5) is 74.6. The van der Waals surface area contributed by atoms with Gasteiger partial charge in [-0.15, -0.1) is 0 Å². The maximum atomic E-state index is 13.2. The van der Waals surface area contributed by atoms with Crippen LogP contribution in [0.15, 0.2) is 36.5 Å². The molecule has 0 spiro atoms. The monoisotopic (exact) mass is 949 g/mol. The molecular formula is C53H88O14. The van der Waals surface area contributed by atoms with Crippen LogP contribution >= 0.6 is 0 Å². The van der Waals surface area contributed by atoms with Crippen molar-refractivity contribution in [2.75, 3.05) is 19.8 Å². The van der Waals surface area contributed by atoms with E-state index >= 15 is 0 Å². The Morgan fingerprint density at radius 2 is 0.940 bits per heavy atom. The van der Waals surface area contributed by atoms with Crippen LogP contribution in [-0.2, 0) is 66.7 Å². The van der Waals surface area contributed by atoms with Crippen LogP contribution in [0.5, 0.6) is 0 Å². The van der Waals surface area contributed by atoms with E-state index in [1.54, 1.807) is 0 Å². The van der Waals surface area contributed by atoms with Crippen LogP contribution in [0.4, 0.5) is 0 Å². The van der Waals surface area contributed by atoms with Gasteiger partial charge in [0.05, 0.1) is 6.61 Å². The minimum Gasteiger partial charge on any atom is -0.463 e. The predicted octanol–water partition coefficient (Wildman–Crippen LogP) is 11.4. The normalized spacial score (nSPS) is 18.8. The Kier molecular flexibility index (Phi) is 37.3. The molecule has 0 N–H and O–H groups in total. The lowest BCUT2D eigenvalue weighted by Gasteiger charge is -2.44. The number of carbonyl (C=O) groups excluding carboxylic acids is 6. The van der Waals surface area contributed by atoms with Crippen molar-refractivity contribution in [2.24, 2.45) is 0 Å². The van der Waals surface area contributed by atoms with Gasteiger partial charge in [0.15, 0.2) is 30.7 Å². The highest BCUT2D eigenvalue weighted by Gasteiger charge is 2.53. The number of carbonyl (C=O) groups is 6. The van der Waals surface area contributed by atoms with Crippen LogP contribution in [0.1, 0.15) is 208 Å². The molecule has 1 fully saturated rings. The second-order valence-corrected chi connectivity index (χ2v) is 17.5. The van der Waals surface area contributed by atoms with Crippen molar-refractivity contribution >= 4 is 35.8 Å². The summed E-state index contributed by atoms with van der Waals surface area (Å²) in [7, 11) is 0. The third-order valence-electron chi connectivity index (χ3n) is 11.1. The maximum Gasteiger partial charge on any atom is 0.306 e. The zero-order valence-corrected chi connectivity index (χ0v) is 42.1. The number of unbranched alkanes of at least 4 members (excludes halogenated alkanes) is 19. The molecule has 14 nitrogen and oxygen atoms in total. The molecule has 0 aliphatic carbocycles. The van der Waals surface area contributed by atoms with E-state index in [4.69, 9.17) is 37.9 Å². The first-order chi connectivity index (χ1) is 32.4. The molecule has 1 saturated heterocycles. The van der Waals surface area contributed by atoms with Crippen LogP contribution in [-0.4, -0.2) is 92.4 Å². The van der Waals surface area contributed by atoms with E-state index in [2.05, 4.69) is 50.3 Å². The molecule has 0 saturated carbocycles. The van der Waals surface area contributed by atoms with Crippen molar-refractivity contribution in [3.63, 3.8) is 0 Å². The van der Waals surface area contributed by atoms with Crippen molar-refractivity contribution in [1.29, 1.82) is 0 Å². The zero-order valence-electron chi connectivity index (χ0n) is 42.1. The Morgan fingerprint density at radius 3 is 1.46 bits per heavy atom. The largest absolute Gasteiger partial charge is 0.463 e. The molecule has 0 amide bonds. The van der Waals surface area contributed by atoms with Gasteiger partial charge in [-0.1, -0.05) is 159 Å². The number of rotatable bonds is 40. The molecule has 1 aliphatic rings. The van der Waals surface area contributed by atoms with Gasteiger partial charge in [0.2, 0.25) is 0 Å². The highest BCUT2D eigenvalue weighted by molar-refractivity contribution is 5.70. The Bertz CT molecular complexity index is 1440. The predicted molar refractivity (Wildman–Crippen MR) is 258 cm³/mol. The third kappa shape index (κ3) is 34.0. The van der Waals surface area contributed by atoms with Gasteiger partial charge in [-0.05, 0) is 44.9 Å². The Labute approximate surface area is 403 Å². The Morgan fingerprint density at radius 1 is 0.478 bits per heavy atom. The maximum absolute atomic E-state index is 13.2. The fraction of sp³-hybridized carbons (Fsp3) is 0.774. The summed E-state index contributed by atoms with van der Waals surface area (Å²) in [6.07, 6.45) is 32.0. The molecule has 1 heterocycles. The molecule has 0 radical (unpaired) electrons. The first-order valence-corrected chi connectivity index (χ1v) is 25.6. The van der Waals surface area contributed by atoms with Crippen LogP contribution in [0.2, 0.25) is 0 Å². The lowest BCUT2D eigenvalue weighted by atomic mass is 9.98. The quantitative estimate of drug-likeness (QED) is 0.0245. The van der Waals surface area contributed by atoms with Crippen molar-refractivity contribution < 1.29 is 66.7 Å². The molecule has 0 bridgehead atoms. The average Bonchev–Trinajstić information content (AvgIpc) is 3.27. The molecule has 0 aromatic heterocycles. The van der Waals surface area contributed by atoms with Crippen LogP contribution in [0, 0.1) is 0 Å². The van der Waals surface area contributed by atoms with E-state index in [-0.39, 0.29) is 26.1 Å². The van der Waals surface area contributed by atoms with E-state index in [1.807, 2.05) is 0 Å². The molecule has 0 aromatic carbocycles. The molecule has 1 unspecified atom stereocenters. The van der Waals surface area contributed by atoms with Gasteiger partial charge in [-0.2, -0.15) is 0 Å². The fourth-order valence-electron chi connectivity index (χ4n) is 7.67. The van der Waals surface area contributed by atoms with Gasteiger partial charge in [0.25, 0.3) is 0 Å². The van der Waals surface area contributed by atoms with Gasteiger partial charge in [-0.25, -0.2) is 0 Å². The molecule has 1 rings (SSSR count). The molecule has 14 heteroatoms. The lowest BCUT2D eigenvalue weighted by molar-refractivity contribution is -0.311. The Hall–Kier alpha value is -4.04. The number of hydrogen-bond acceptors (Lipinski definition) is 14. The van der Waals surface area contributed by atoms with Crippen molar-refractivity contribution in [2.45, 2.75) is 245 Å². The van der Waals surface area contributed by atoms with Gasteiger partial charge in [-0.3, -0.25) is 28.8 Å². The highest BCUT2D eigenvalue weighted by atomic mass is 16.7. The van der Waals surface area contributed by atoms with Gasteiger partial charge in [0.1, 0.15) is 19.3 Å². The van der Waals surface area contributed by atoms with E-state index in [1.165, 1.54) is 77.6 Å². The number of hydrogen-bond donors (Lipinski definition) is 0. The standard InChI is InChI=1S/C53H88O14/c1-7-9-11-13-15-17-19-21-23-25-27-29-31-33-35-37-48(58)61-39-46(66-49(59)38-36-34-32-30-28-26-24-22-20-18-16-14-12-10-8-2)40-62-53-52(65-45(6)57)51(64-44(5)56)50(63-43(4)55)47(67-53)41-60-42(3)54/h10,12,16,18,22,24,46-47,50-53H,7-9,11,13-15,17,19-21,23,25-41H2,1-6H3/b12-10-,18-16-,24-22-/t46?,47-,50-,51+,52-,53-/m1/s1. The van der Waals surface area contributed by atoms with E-state index in [0.29, 0.717) is 12.8 Å². The second-order valence-electron chi connectivity index (χ2n) is 17.5. The van der Waals surface area contributed by atoms with Gasteiger partial charge >= 0.3 is 35.8 Å². The smallest absolute Gasteiger partial charge is 0.306 e. The first-order valence-electron chi connectivity index (χ1n) is 25.6. The van der Waals surface area contributed by atoms with Crippen molar-refractivity contribution in [3.05, 3.63) is 36.5 Å². The molecule has 6 atom stereocenters. The molecule has 384 valence electrons. The fourth-order valence-corrected chi connectivity index (χ4v) is 7.67. The number of allylic oxidation sites excluding steroid dienone is 6. The van der Waals surface area contributed by atoms with E-state index < -0.39 is 79.2 Å². The minimum absolute atomic E-state index is 0.141. The summed E-state index contributed by atoms with van der Waals surface area (Å²) in [5, 5.41) is 0. The van der Waals surface area contributed by atoms with E-state index in [0.717, 1.165) is 91.4 Å². The van der Waals surface area contributed by atoms with Crippen LogP contribution in [0.25, 0.3) is 0 Å². The summed E-state index contributed by atoms with van der Waals surface area (Å²) < 4.78 is 45.1. The average molecular weight is 949 g/mol. The SMILES string of the molecule is CC/C=C\C/C=C\C/C=C\CCCCCCCC(=O)OC(COC(=O)CCCCCCCCCCCCCCCCC)CO[C@@H]1O[C@H](COC(C)=O)[C@@H](OC(C)=O)[C@H](OC(C)=O)[C@H]1OC(C)=O. The van der Waals surface area contributed by atoms with Crippen LogP contribution in [0.3, 0.4) is 0 Å². The molecular weight excluding hydrogens is 861 g/mol. The zero-order chi connectivity index (χ0) is 49.3. The highest BCUT2D eigenvalue weighted by Crippen LogP contribution is 2.30. The van der Waals surface area contributed by atoms with Gasteiger partial charge < -0.3 is 37.9 Å². The molecule has 1 aliphatic heterocycles. The summed E-state index contributed by atoms with van der Waals surface area (Å²) in [5.74, 6) is -3.94. The van der Waals surface area contributed by atoms with Crippen molar-refractivity contribution in [3.8, 4) is 0 Å². The summed E-state index contributed by atoms with van der Waals surface area (Å²) in [5.41, 5.74) is 0. The lowest BCUT2D eigenvalue weighted by Crippen LogP contribution is -2.63. The first kappa shape index (κ1) is 61.0. The van der Waals surface area contributed by atoms with Crippen molar-refractivity contribution in [1.82, 2.24) is 0 Å². The van der Waals surface area contributed by atoms with E-state index in [9.17, 15) is 28.8 Å². The number of ether oxygens (including phenoxy) is 8. The van der Waals surface area contributed by atoms with Crippen LogP contribution < -0.4 is 0 Å². The summed E-state index contributed by atoms with van der Waals surface area (Å²) in [6.45, 7) is 7.80. The summed E-state index contributed by atoms with van der Waals surface area (Å²) in [6, 6.07) is 0. The minimum atomic E-state index is -1.49. The number of esters is 6. The topological polar surface area (TPSA) is 176 Å². The molecule has 0 aromatic rings. The molecule has 67 heavy (non-hydrogen) atoms. The summed E-state index contributed by atoms with van der Waals surface area (Å²) >= 11 is 0. The van der Waals surface area contributed by atoms with Gasteiger partial charge in [0, 0.05) is 40.5 Å². The Balaban J connectivity index is 2.83. The third-order valence-corrected chi connectivity index (χ3v) is 11.1. The second kappa shape index (κ2) is 41.0.